The number of ether oxygens (including phenoxy) is 3. The fraction of sp³-hybridized carbons (Fsp3) is 0.341. The fourth-order valence-corrected chi connectivity index (χ4v) is 18.6. The predicted molar refractivity (Wildman–Crippen MR) is 521 cm³/mol. The van der Waals surface area contributed by atoms with Crippen LogP contribution in [-0.2, 0) is 40.4 Å². The van der Waals surface area contributed by atoms with Gasteiger partial charge in [-0.3, -0.25) is 42.3 Å². The number of anilines is 5. The first-order valence-electron chi connectivity index (χ1n) is 46.0. The Morgan fingerprint density at radius 1 is 0.430 bits per heavy atom. The summed E-state index contributed by atoms with van der Waals surface area (Å²) in [6.07, 6.45) is 35.8. The van der Waals surface area contributed by atoms with Crippen LogP contribution in [-0.4, -0.2) is 292 Å². The average molecular weight is 2160 g/mol. The van der Waals surface area contributed by atoms with Gasteiger partial charge in [0, 0.05) is 188 Å². The van der Waals surface area contributed by atoms with Crippen LogP contribution < -0.4 is 33.9 Å². The smallest absolute Gasteiger partial charge is 0.370 e. The van der Waals surface area contributed by atoms with E-state index in [1.54, 1.807) is 101 Å². The summed E-state index contributed by atoms with van der Waals surface area (Å²) in [5.74, 6) is -5.79. The number of alkyl halides is 9. The van der Waals surface area contributed by atoms with Gasteiger partial charge in [0.2, 0.25) is 20.0 Å². The van der Waals surface area contributed by atoms with E-state index in [2.05, 4.69) is 155 Å². The van der Waals surface area contributed by atoms with Gasteiger partial charge in [0.05, 0.1) is 130 Å². The summed E-state index contributed by atoms with van der Waals surface area (Å²) in [5.41, 5.74) is 8.22. The van der Waals surface area contributed by atoms with Crippen molar-refractivity contribution in [3.8, 4) is 63.7 Å². The zero-order valence-corrected chi connectivity index (χ0v) is 82.5. The monoisotopic (exact) mass is 2150 g/mol. The molecule has 5 aliphatic heterocycles. The molecule has 772 valence electrons. The number of aromatic nitrogens is 31. The van der Waals surface area contributed by atoms with Crippen molar-refractivity contribution in [1.29, 1.82) is 5.26 Å². The van der Waals surface area contributed by atoms with Crippen molar-refractivity contribution in [3.63, 3.8) is 0 Å². The van der Waals surface area contributed by atoms with E-state index in [9.17, 15) is 56.3 Å². The van der Waals surface area contributed by atoms with E-state index >= 15 is 0 Å². The summed E-state index contributed by atoms with van der Waals surface area (Å²) in [4.78, 5) is 95.3. The molecule has 149 heavy (non-hydrogen) atoms. The lowest BCUT2D eigenvalue weighted by Gasteiger charge is -2.43. The Hall–Kier alpha value is -15.8. The molecule has 0 spiro atoms. The molecular formula is C91H89BrF9N39O7S2. The number of fused-ring (bicyclic) bond motifs is 5. The Morgan fingerprint density at radius 3 is 1.12 bits per heavy atom. The van der Waals surface area contributed by atoms with Crippen molar-refractivity contribution in [2.45, 2.75) is 63.5 Å². The first-order chi connectivity index (χ1) is 71.6. The summed E-state index contributed by atoms with van der Waals surface area (Å²) in [6.45, 7) is 9.68. The van der Waals surface area contributed by atoms with Gasteiger partial charge in [-0.15, -0.1) is 0 Å². The first kappa shape index (κ1) is 102. The molecule has 18 aromatic heterocycles. The number of piperidine rings is 2. The van der Waals surface area contributed by atoms with Gasteiger partial charge in [0.1, 0.15) is 92.2 Å². The normalized spacial score (nSPS) is 19.1. The SMILES string of the molecule is Brc1cn2c(-c3nccc(N4CCOC(c5cn[nH]c5)C4)n3)cnc2cn1.C[C@H]1CN(c2ccnc(-c3cnc4cnc(C(F)(F)F)cn34)n2)C[C@@H](CNS(C)(=O)=O)C1(F)F.C[C@H]1CN(c2ccnc(-c3cnc4cnc(C(F)F)cn34)n2)C[C@@H](CNS(C)(=O)=O)C1(F)F.Cc1cn2c(-c3nccc(N4CCOC(c5cn[nH]c5)C4)n3)cnc2cn1.N#Cc1cn2c(-c3nccc(N4CCOC(c5cn[nH]c5)C4)n3)cnc2cn1. The van der Waals surface area contributed by atoms with E-state index in [1.165, 1.54) is 55.3 Å². The van der Waals surface area contributed by atoms with Gasteiger partial charge < -0.3 is 38.7 Å². The molecule has 5 fully saturated rings. The number of hydrogen-bond donors (Lipinski definition) is 5. The molecule has 7 atom stereocenters. The van der Waals surface area contributed by atoms with Gasteiger partial charge in [-0.05, 0) is 53.2 Å². The van der Waals surface area contributed by atoms with Crippen molar-refractivity contribution >= 4 is 93.3 Å². The van der Waals surface area contributed by atoms with Gasteiger partial charge in [-0.2, -0.15) is 33.7 Å². The van der Waals surface area contributed by atoms with Gasteiger partial charge in [0.25, 0.3) is 18.3 Å². The number of morpholine rings is 3. The number of H-pyrrole nitrogens is 3. The third kappa shape index (κ3) is 23.1. The van der Waals surface area contributed by atoms with Crippen molar-refractivity contribution in [2.24, 2.45) is 23.7 Å². The largest absolute Gasteiger partial charge is 0.434 e. The molecule has 23 heterocycles. The van der Waals surface area contributed by atoms with Crippen LogP contribution in [0.25, 0.3) is 85.8 Å². The molecular weight excluding hydrogens is 2070 g/mol. The number of nitriles is 1. The topological polar surface area (TPSA) is 526 Å². The number of halogens is 10. The van der Waals surface area contributed by atoms with Crippen molar-refractivity contribution in [3.05, 3.63) is 236 Å². The second-order valence-electron chi connectivity index (χ2n) is 35.2. The van der Waals surface area contributed by atoms with Crippen molar-refractivity contribution in [1.82, 2.24) is 162 Å². The number of nitrogens with zero attached hydrogens (tertiary/aromatic N) is 34. The molecule has 0 bridgehead atoms. The van der Waals surface area contributed by atoms with Crippen LogP contribution in [0.2, 0.25) is 0 Å². The highest BCUT2D eigenvalue weighted by molar-refractivity contribution is 9.10. The minimum Gasteiger partial charge on any atom is -0.370 e. The molecule has 46 nitrogen and oxygen atoms in total. The zero-order valence-electron chi connectivity index (χ0n) is 79.3. The second-order valence-corrected chi connectivity index (χ2v) is 39.6. The summed E-state index contributed by atoms with van der Waals surface area (Å²) < 4.78 is 201. The molecule has 5 aliphatic rings. The second kappa shape index (κ2) is 42.9. The highest BCUT2D eigenvalue weighted by Crippen LogP contribution is 2.43. The standard InChI is InChI=1S/C19H20F5N7O2S.C19H21F4N7O2S.C18H15N9O.C18H18N8O.C17H15BrN8O/c1-11-8-30(9-12(18(11,20)21)5-28-34(2,32)33)15-3-4-25-17(29-15)13-6-27-16-7-26-14(10-31(13)16)19(22,23)24;1-11-8-29(9-12(19(11,22)23)5-27-33(2,31)32)15-3-4-24-18(28-15)14-6-26-16-7-25-13(17(20)21)10-30(14)16;19-5-13-10-27-14(8-22-17(27)9-21-13)18-20-2-1-16(25-18)26-3-4-28-15(11-26)12-6-23-24-7-12;1-12-10-26-14(8-21-17(26)9-20-12)18-19-3-2-16(24-18)25-4-5-27-15(11-25)13-6-22-23-7-13;18-14-10-26-12(7-21-16(26)8-20-14)17-19-2-1-15(24-17)25-3-4-27-13(9-25)11-5-22-23-6-11/h3-4,6-7,10-12,28H,5,8-9H2,1-2H3;3-4,6-7,10-12,17,27H,5,8-9H2,1-2H3;1-2,6-10,15H,3-4,11H2,(H,23,24);2-3,6-10,15H,4-5,11H2,1H3,(H,22,23);1-2,5-8,10,13H,3-4,9H2,(H,22,23)/t2*11-,12+;;;/m00.../s1. The van der Waals surface area contributed by atoms with Gasteiger partial charge in [0.15, 0.2) is 68.7 Å². The highest BCUT2D eigenvalue weighted by Gasteiger charge is 2.52. The zero-order chi connectivity index (χ0) is 104. The molecule has 5 saturated heterocycles. The van der Waals surface area contributed by atoms with E-state index in [1.807, 2.05) is 71.0 Å². The van der Waals surface area contributed by atoms with Crippen LogP contribution >= 0.6 is 15.9 Å². The molecule has 0 radical (unpaired) electrons. The summed E-state index contributed by atoms with van der Waals surface area (Å²) in [6, 6.07) is 10.8. The Kier molecular flexibility index (Phi) is 29.3. The number of nitrogens with one attached hydrogen (secondary N) is 5. The minimum absolute atomic E-state index is 0.00850. The third-order valence-corrected chi connectivity index (χ3v) is 26.8. The first-order valence-corrected chi connectivity index (χ1v) is 50.6. The number of aryl methyl sites for hydroxylation is 1. The number of hydrogen-bond acceptors (Lipinski definition) is 36. The Labute approximate surface area is 847 Å². The molecule has 3 unspecified atom stereocenters. The lowest BCUT2D eigenvalue weighted by molar-refractivity contribution is -0.141. The van der Waals surface area contributed by atoms with Crippen LogP contribution in [0.1, 0.15) is 78.1 Å². The molecule has 5 N–H and O–H groups in total. The molecule has 23 rings (SSSR count). The fourth-order valence-electron chi connectivity index (χ4n) is 17.3. The molecule has 58 heteroatoms. The summed E-state index contributed by atoms with van der Waals surface area (Å²) >= 11 is 3.40. The van der Waals surface area contributed by atoms with E-state index in [0.29, 0.717) is 91.1 Å². The van der Waals surface area contributed by atoms with Crippen LogP contribution in [0.3, 0.4) is 0 Å². The summed E-state index contributed by atoms with van der Waals surface area (Å²) in [7, 11) is -7.30. The number of imidazole rings is 5. The Balaban J connectivity index is 0.000000117. The van der Waals surface area contributed by atoms with Crippen LogP contribution in [0.15, 0.2) is 196 Å². The van der Waals surface area contributed by atoms with Gasteiger partial charge in [-0.1, -0.05) is 13.8 Å². The molecule has 0 saturated carbocycles. The van der Waals surface area contributed by atoms with Gasteiger partial charge in [-0.25, -0.2) is 147 Å². The van der Waals surface area contributed by atoms with E-state index in [4.69, 9.17) is 34.4 Å². The van der Waals surface area contributed by atoms with Crippen LogP contribution in [0.4, 0.5) is 68.6 Å². The maximum Gasteiger partial charge on any atom is 0.434 e. The maximum atomic E-state index is 14.7. The van der Waals surface area contributed by atoms with Crippen molar-refractivity contribution < 1.29 is 70.6 Å². The predicted octanol–water partition coefficient (Wildman–Crippen LogP) is 10.2. The third-order valence-electron chi connectivity index (χ3n) is 25.0. The average Bonchev–Trinajstić information content (AvgIpc) is 1.50. The van der Waals surface area contributed by atoms with Crippen LogP contribution in [0, 0.1) is 41.9 Å². The lowest BCUT2D eigenvalue weighted by atomic mass is 9.86. The van der Waals surface area contributed by atoms with Gasteiger partial charge >= 0.3 is 6.18 Å². The van der Waals surface area contributed by atoms with E-state index in [0.717, 1.165) is 122 Å². The quantitative estimate of drug-likeness (QED) is 0.0443. The number of sulfonamides is 2. The van der Waals surface area contributed by atoms with Crippen LogP contribution in [0.5, 0.6) is 0 Å². The highest BCUT2D eigenvalue weighted by atomic mass is 79.9. The summed E-state index contributed by atoms with van der Waals surface area (Å²) in [5, 5.41) is 29.6. The van der Waals surface area contributed by atoms with Crippen molar-refractivity contribution in [2.75, 3.05) is 135 Å². The number of rotatable bonds is 20. The Bertz CT molecular complexity index is 7900. The molecule has 0 amide bonds. The van der Waals surface area contributed by atoms with E-state index < -0.39 is 92.6 Å². The Morgan fingerprint density at radius 2 is 0.765 bits per heavy atom. The molecule has 0 aliphatic carbocycles. The lowest BCUT2D eigenvalue weighted by Crippen LogP contribution is -2.56. The number of aromatic amines is 3. The maximum absolute atomic E-state index is 14.7. The molecule has 0 aromatic carbocycles. The van der Waals surface area contributed by atoms with E-state index in [-0.39, 0.29) is 73.3 Å². The minimum atomic E-state index is -4.66. The molecule has 18 aromatic rings.